The van der Waals surface area contributed by atoms with Crippen LogP contribution in [0.1, 0.15) is 0 Å². The average Bonchev–Trinajstić information content (AvgIpc) is 2.49. The fourth-order valence-corrected chi connectivity index (χ4v) is 2.07. The van der Waals surface area contributed by atoms with E-state index < -0.39 is 0 Å². The van der Waals surface area contributed by atoms with Crippen molar-refractivity contribution < 1.29 is 0 Å². The third-order valence-electron chi connectivity index (χ3n) is 3.13. The number of hydrogen-bond acceptors (Lipinski definition) is 4. The largest absolute Gasteiger partial charge is 0.398 e. The molecule has 4 nitrogen and oxygen atoms in total. The van der Waals surface area contributed by atoms with Gasteiger partial charge in [0.05, 0.1) is 23.8 Å². The Morgan fingerprint density at radius 1 is 0.600 bits per heavy atom. The summed E-state index contributed by atoms with van der Waals surface area (Å²) in [5.74, 6) is 0. The van der Waals surface area contributed by atoms with Gasteiger partial charge in [-0.05, 0) is 12.1 Å². The Bertz CT molecular complexity index is 671. The number of para-hydroxylation sites is 2. The summed E-state index contributed by atoms with van der Waals surface area (Å²) in [5.41, 5.74) is 16.5. The normalized spacial score (nSPS) is 10.4. The molecule has 3 aromatic rings. The van der Waals surface area contributed by atoms with Crippen molar-refractivity contribution in [2.24, 2.45) is 0 Å². The van der Waals surface area contributed by atoms with E-state index >= 15 is 0 Å². The van der Waals surface area contributed by atoms with Gasteiger partial charge in [0.25, 0.3) is 0 Å². The second kappa shape index (κ2) is 5.01. The maximum Gasteiger partial charge on any atom is 0.0906 e. The molecule has 0 aliphatic carbocycles. The van der Waals surface area contributed by atoms with E-state index in [4.69, 9.17) is 11.5 Å². The Kier molecular flexibility index (Phi) is 3.05. The zero-order valence-electron chi connectivity index (χ0n) is 10.8. The van der Waals surface area contributed by atoms with Crippen molar-refractivity contribution in [3.63, 3.8) is 0 Å². The van der Waals surface area contributed by atoms with Crippen LogP contribution in [0.4, 0.5) is 11.4 Å². The van der Waals surface area contributed by atoms with Gasteiger partial charge in [-0.25, -0.2) is 0 Å². The standard InChI is InChI=1S/C16H14N4/c17-13-7-3-1-5-11(13)15-9-20-16(10-19-15)12-6-2-4-8-14(12)18/h1-10H,17-18H2. The minimum atomic E-state index is 0.689. The Balaban J connectivity index is 2.01. The summed E-state index contributed by atoms with van der Waals surface area (Å²) in [7, 11) is 0. The average molecular weight is 262 g/mol. The van der Waals surface area contributed by atoms with Gasteiger partial charge in [0.1, 0.15) is 0 Å². The highest BCUT2D eigenvalue weighted by atomic mass is 14.8. The van der Waals surface area contributed by atoms with Gasteiger partial charge in [-0.1, -0.05) is 36.4 Å². The third-order valence-corrected chi connectivity index (χ3v) is 3.13. The molecule has 0 amide bonds. The maximum absolute atomic E-state index is 5.94. The fourth-order valence-electron chi connectivity index (χ4n) is 2.07. The van der Waals surface area contributed by atoms with Gasteiger partial charge in [-0.3, -0.25) is 9.97 Å². The van der Waals surface area contributed by atoms with Gasteiger partial charge >= 0.3 is 0 Å². The van der Waals surface area contributed by atoms with Crippen LogP contribution in [0.3, 0.4) is 0 Å². The minimum Gasteiger partial charge on any atom is -0.398 e. The molecule has 0 fully saturated rings. The van der Waals surface area contributed by atoms with Crippen LogP contribution in [-0.4, -0.2) is 9.97 Å². The van der Waals surface area contributed by atoms with Gasteiger partial charge in [0.15, 0.2) is 0 Å². The molecule has 0 bridgehead atoms. The van der Waals surface area contributed by atoms with Crippen molar-refractivity contribution >= 4 is 11.4 Å². The molecule has 0 unspecified atom stereocenters. The van der Waals surface area contributed by atoms with Crippen LogP contribution in [0.5, 0.6) is 0 Å². The molecular weight excluding hydrogens is 248 g/mol. The van der Waals surface area contributed by atoms with Gasteiger partial charge in [-0.15, -0.1) is 0 Å². The van der Waals surface area contributed by atoms with Crippen molar-refractivity contribution in [3.8, 4) is 22.5 Å². The molecule has 0 radical (unpaired) electrons. The number of nitrogens with zero attached hydrogens (tertiary/aromatic N) is 2. The van der Waals surface area contributed by atoms with Crippen LogP contribution in [0.15, 0.2) is 60.9 Å². The summed E-state index contributed by atoms with van der Waals surface area (Å²) in [6.07, 6.45) is 3.43. The van der Waals surface area contributed by atoms with Crippen molar-refractivity contribution in [2.75, 3.05) is 11.5 Å². The molecule has 3 rings (SSSR count). The smallest absolute Gasteiger partial charge is 0.0906 e. The van der Waals surface area contributed by atoms with E-state index in [1.54, 1.807) is 12.4 Å². The summed E-state index contributed by atoms with van der Waals surface area (Å²) in [6, 6.07) is 15.2. The number of rotatable bonds is 2. The highest BCUT2D eigenvalue weighted by molar-refractivity contribution is 5.76. The van der Waals surface area contributed by atoms with Crippen molar-refractivity contribution in [1.82, 2.24) is 9.97 Å². The van der Waals surface area contributed by atoms with Crippen LogP contribution in [0.25, 0.3) is 22.5 Å². The minimum absolute atomic E-state index is 0.689. The van der Waals surface area contributed by atoms with Gasteiger partial charge in [0, 0.05) is 22.5 Å². The van der Waals surface area contributed by atoms with E-state index in [0.29, 0.717) is 11.4 Å². The molecule has 0 saturated carbocycles. The Morgan fingerprint density at radius 2 is 1.00 bits per heavy atom. The Labute approximate surface area is 117 Å². The number of nitrogen functional groups attached to an aromatic ring is 2. The van der Waals surface area contributed by atoms with Crippen LogP contribution >= 0.6 is 0 Å². The summed E-state index contributed by atoms with van der Waals surface area (Å²) >= 11 is 0. The summed E-state index contributed by atoms with van der Waals surface area (Å²) in [5, 5.41) is 0. The Morgan fingerprint density at radius 3 is 1.35 bits per heavy atom. The number of benzene rings is 2. The SMILES string of the molecule is Nc1ccccc1-c1cnc(-c2ccccc2N)cn1. The van der Waals surface area contributed by atoms with Crippen LogP contribution < -0.4 is 11.5 Å². The van der Waals surface area contributed by atoms with Crippen molar-refractivity contribution in [3.05, 3.63) is 60.9 Å². The van der Waals surface area contributed by atoms with Crippen LogP contribution in [0, 0.1) is 0 Å². The number of nitrogens with two attached hydrogens (primary N) is 2. The topological polar surface area (TPSA) is 77.8 Å². The lowest BCUT2D eigenvalue weighted by Gasteiger charge is -2.07. The summed E-state index contributed by atoms with van der Waals surface area (Å²) < 4.78 is 0. The highest BCUT2D eigenvalue weighted by Crippen LogP contribution is 2.26. The van der Waals surface area contributed by atoms with E-state index in [2.05, 4.69) is 9.97 Å². The number of hydrogen-bond donors (Lipinski definition) is 2. The molecule has 1 aromatic heterocycles. The maximum atomic E-state index is 5.94. The molecule has 1 heterocycles. The summed E-state index contributed by atoms with van der Waals surface area (Å²) in [4.78, 5) is 8.86. The molecule has 20 heavy (non-hydrogen) atoms. The third kappa shape index (κ3) is 2.19. The van der Waals surface area contributed by atoms with E-state index in [-0.39, 0.29) is 0 Å². The molecule has 0 spiro atoms. The molecule has 0 aliphatic heterocycles. The first-order valence-electron chi connectivity index (χ1n) is 6.27. The van der Waals surface area contributed by atoms with E-state index in [1.165, 1.54) is 0 Å². The highest BCUT2D eigenvalue weighted by Gasteiger charge is 2.07. The molecule has 2 aromatic carbocycles. The predicted octanol–water partition coefficient (Wildman–Crippen LogP) is 2.97. The molecular formula is C16H14N4. The van der Waals surface area contributed by atoms with E-state index in [1.807, 2.05) is 48.5 Å². The lowest BCUT2D eigenvalue weighted by molar-refractivity contribution is 1.21. The quantitative estimate of drug-likeness (QED) is 0.696. The molecule has 0 saturated heterocycles. The second-order valence-corrected chi connectivity index (χ2v) is 4.46. The van der Waals surface area contributed by atoms with E-state index in [0.717, 1.165) is 22.5 Å². The van der Waals surface area contributed by atoms with Gasteiger partial charge < -0.3 is 11.5 Å². The van der Waals surface area contributed by atoms with Gasteiger partial charge in [0.2, 0.25) is 0 Å². The second-order valence-electron chi connectivity index (χ2n) is 4.46. The van der Waals surface area contributed by atoms with Crippen molar-refractivity contribution in [2.45, 2.75) is 0 Å². The monoisotopic (exact) mass is 262 g/mol. The lowest BCUT2D eigenvalue weighted by atomic mass is 10.1. The first-order chi connectivity index (χ1) is 9.75. The van der Waals surface area contributed by atoms with Gasteiger partial charge in [-0.2, -0.15) is 0 Å². The molecule has 0 aliphatic rings. The number of aromatic nitrogens is 2. The zero-order valence-corrected chi connectivity index (χ0v) is 10.8. The van der Waals surface area contributed by atoms with Crippen LogP contribution in [0.2, 0.25) is 0 Å². The fraction of sp³-hybridized carbons (Fsp3) is 0. The van der Waals surface area contributed by atoms with Crippen LogP contribution in [-0.2, 0) is 0 Å². The molecule has 4 N–H and O–H groups in total. The summed E-state index contributed by atoms with van der Waals surface area (Å²) in [6.45, 7) is 0. The van der Waals surface area contributed by atoms with E-state index in [9.17, 15) is 0 Å². The Hall–Kier alpha value is -2.88. The number of anilines is 2. The lowest BCUT2D eigenvalue weighted by Crippen LogP contribution is -1.95. The first-order valence-corrected chi connectivity index (χ1v) is 6.27. The molecule has 0 atom stereocenters. The molecule has 4 heteroatoms. The molecule has 98 valence electrons. The predicted molar refractivity (Wildman–Crippen MR) is 81.7 cm³/mol. The first kappa shape index (κ1) is 12.2. The zero-order chi connectivity index (χ0) is 13.9. The van der Waals surface area contributed by atoms with Crippen molar-refractivity contribution in [1.29, 1.82) is 0 Å².